The van der Waals surface area contributed by atoms with Crippen molar-refractivity contribution in [2.45, 2.75) is 31.5 Å². The van der Waals surface area contributed by atoms with Crippen molar-refractivity contribution in [2.75, 3.05) is 0 Å². The molecule has 0 saturated heterocycles. The fourth-order valence-corrected chi connectivity index (χ4v) is 1.43. The molecule has 1 nitrogen and oxygen atoms in total. The number of hydrogen-bond donors (Lipinski definition) is 0. The fourth-order valence-electron chi connectivity index (χ4n) is 1.43. The van der Waals surface area contributed by atoms with Crippen molar-refractivity contribution in [2.24, 2.45) is 0 Å². The van der Waals surface area contributed by atoms with Gasteiger partial charge in [0.1, 0.15) is 5.75 Å². The minimum atomic E-state index is -4.29. The molecule has 0 spiro atoms. The third kappa shape index (κ3) is 2.43. The number of alkyl halides is 3. The molecule has 0 unspecified atom stereocenters. The van der Waals surface area contributed by atoms with Crippen LogP contribution in [0, 0.1) is 0 Å². The van der Waals surface area contributed by atoms with Gasteiger partial charge in [0.2, 0.25) is 0 Å². The summed E-state index contributed by atoms with van der Waals surface area (Å²) in [6, 6.07) is 5.04. The Bertz CT molecular complexity index is 342. The van der Waals surface area contributed by atoms with E-state index in [0.717, 1.165) is 31.4 Å². The van der Waals surface area contributed by atoms with Gasteiger partial charge in [-0.3, -0.25) is 0 Å². The standard InChI is InChI=1S/C11H11F3O/c12-11(13,14)8-3-1-6-10(7-8)15-9-4-2-5-9/h1,3,6-7,9H,2,4-5H2. The topological polar surface area (TPSA) is 9.23 Å². The van der Waals surface area contributed by atoms with Crippen molar-refractivity contribution >= 4 is 0 Å². The third-order valence-corrected chi connectivity index (χ3v) is 2.52. The molecule has 0 heterocycles. The zero-order valence-corrected chi connectivity index (χ0v) is 8.05. The van der Waals surface area contributed by atoms with E-state index in [4.69, 9.17) is 4.74 Å². The molecule has 0 aromatic heterocycles. The van der Waals surface area contributed by atoms with E-state index in [0.29, 0.717) is 5.75 Å². The van der Waals surface area contributed by atoms with Gasteiger partial charge in [-0.15, -0.1) is 0 Å². The average molecular weight is 216 g/mol. The summed E-state index contributed by atoms with van der Waals surface area (Å²) in [6.07, 6.45) is -1.21. The van der Waals surface area contributed by atoms with E-state index >= 15 is 0 Å². The predicted octanol–water partition coefficient (Wildman–Crippen LogP) is 3.64. The summed E-state index contributed by atoms with van der Waals surface area (Å²) in [5.74, 6) is 0.314. The number of halogens is 3. The molecular weight excluding hydrogens is 205 g/mol. The molecular formula is C11H11F3O. The smallest absolute Gasteiger partial charge is 0.416 e. The number of benzene rings is 1. The summed E-state index contributed by atoms with van der Waals surface area (Å²) >= 11 is 0. The second-order valence-corrected chi connectivity index (χ2v) is 3.70. The lowest BCUT2D eigenvalue weighted by Gasteiger charge is -2.26. The molecule has 2 rings (SSSR count). The highest BCUT2D eigenvalue weighted by molar-refractivity contribution is 5.30. The van der Waals surface area contributed by atoms with Crippen LogP contribution in [0.5, 0.6) is 5.75 Å². The Morgan fingerprint density at radius 1 is 1.20 bits per heavy atom. The molecule has 0 aliphatic heterocycles. The van der Waals surface area contributed by atoms with Crippen LogP contribution in [0.25, 0.3) is 0 Å². The fraction of sp³-hybridized carbons (Fsp3) is 0.455. The van der Waals surface area contributed by atoms with Crippen LogP contribution in [0.2, 0.25) is 0 Å². The van der Waals surface area contributed by atoms with Crippen LogP contribution in [0.4, 0.5) is 13.2 Å². The first-order chi connectivity index (χ1) is 7.05. The van der Waals surface area contributed by atoms with Crippen molar-refractivity contribution < 1.29 is 17.9 Å². The van der Waals surface area contributed by atoms with Crippen LogP contribution in [0.1, 0.15) is 24.8 Å². The van der Waals surface area contributed by atoms with Gasteiger partial charge in [-0.05, 0) is 37.5 Å². The molecule has 1 fully saturated rings. The Kier molecular flexibility index (Phi) is 2.59. The van der Waals surface area contributed by atoms with Crippen LogP contribution in [-0.4, -0.2) is 6.10 Å². The summed E-state index contributed by atoms with van der Waals surface area (Å²) in [7, 11) is 0. The van der Waals surface area contributed by atoms with Gasteiger partial charge in [0, 0.05) is 0 Å². The summed E-state index contributed by atoms with van der Waals surface area (Å²) in [4.78, 5) is 0. The van der Waals surface area contributed by atoms with Crippen LogP contribution >= 0.6 is 0 Å². The van der Waals surface area contributed by atoms with Crippen molar-refractivity contribution in [1.29, 1.82) is 0 Å². The largest absolute Gasteiger partial charge is 0.490 e. The first kappa shape index (κ1) is 10.3. The van der Waals surface area contributed by atoms with Crippen LogP contribution in [0.15, 0.2) is 24.3 Å². The van der Waals surface area contributed by atoms with E-state index in [2.05, 4.69) is 0 Å². The Hall–Kier alpha value is -1.19. The molecule has 4 heteroatoms. The SMILES string of the molecule is FC(F)(F)c1cccc(OC2CCC2)c1. The number of ether oxygens (including phenoxy) is 1. The van der Waals surface area contributed by atoms with E-state index in [1.54, 1.807) is 6.07 Å². The van der Waals surface area contributed by atoms with Gasteiger partial charge in [0.05, 0.1) is 11.7 Å². The molecule has 1 aromatic carbocycles. The van der Waals surface area contributed by atoms with Crippen LogP contribution < -0.4 is 4.74 Å². The van der Waals surface area contributed by atoms with Crippen LogP contribution in [0.3, 0.4) is 0 Å². The summed E-state index contributed by atoms with van der Waals surface area (Å²) in [6.45, 7) is 0. The highest BCUT2D eigenvalue weighted by Crippen LogP contribution is 2.32. The van der Waals surface area contributed by atoms with Gasteiger partial charge < -0.3 is 4.74 Å². The molecule has 15 heavy (non-hydrogen) atoms. The molecule has 0 bridgehead atoms. The van der Waals surface area contributed by atoms with E-state index in [9.17, 15) is 13.2 Å². The summed E-state index contributed by atoms with van der Waals surface area (Å²) in [5, 5.41) is 0. The van der Waals surface area contributed by atoms with Gasteiger partial charge in [-0.2, -0.15) is 13.2 Å². The zero-order chi connectivity index (χ0) is 10.9. The third-order valence-electron chi connectivity index (χ3n) is 2.52. The normalized spacial score (nSPS) is 17.3. The maximum Gasteiger partial charge on any atom is 0.416 e. The first-order valence-corrected chi connectivity index (χ1v) is 4.89. The van der Waals surface area contributed by atoms with Crippen molar-refractivity contribution in [1.82, 2.24) is 0 Å². The van der Waals surface area contributed by atoms with E-state index in [1.165, 1.54) is 6.07 Å². The molecule has 82 valence electrons. The van der Waals surface area contributed by atoms with Gasteiger partial charge in [-0.25, -0.2) is 0 Å². The summed E-state index contributed by atoms with van der Waals surface area (Å²) < 4.78 is 42.4. The Labute approximate surface area is 85.9 Å². The quantitative estimate of drug-likeness (QED) is 0.733. The molecule has 0 atom stereocenters. The minimum Gasteiger partial charge on any atom is -0.490 e. The zero-order valence-electron chi connectivity index (χ0n) is 8.05. The summed E-state index contributed by atoms with van der Waals surface area (Å²) in [5.41, 5.74) is -0.653. The predicted molar refractivity (Wildman–Crippen MR) is 49.7 cm³/mol. The van der Waals surface area contributed by atoms with Crippen molar-refractivity contribution in [3.05, 3.63) is 29.8 Å². The molecule has 1 aliphatic carbocycles. The molecule has 1 aromatic rings. The second-order valence-electron chi connectivity index (χ2n) is 3.70. The molecule has 0 radical (unpaired) electrons. The highest BCUT2D eigenvalue weighted by atomic mass is 19.4. The Morgan fingerprint density at radius 3 is 2.47 bits per heavy atom. The van der Waals surface area contributed by atoms with Gasteiger partial charge in [-0.1, -0.05) is 6.07 Å². The minimum absolute atomic E-state index is 0.105. The molecule has 0 amide bonds. The van der Waals surface area contributed by atoms with Crippen LogP contribution in [-0.2, 0) is 6.18 Å². The van der Waals surface area contributed by atoms with Gasteiger partial charge >= 0.3 is 6.18 Å². The van der Waals surface area contributed by atoms with Crippen molar-refractivity contribution in [3.8, 4) is 5.75 Å². The lowest BCUT2D eigenvalue weighted by molar-refractivity contribution is -0.137. The maximum absolute atomic E-state index is 12.3. The lowest BCUT2D eigenvalue weighted by Crippen LogP contribution is -2.24. The second kappa shape index (κ2) is 3.76. The monoisotopic (exact) mass is 216 g/mol. The van der Waals surface area contributed by atoms with E-state index in [1.807, 2.05) is 0 Å². The van der Waals surface area contributed by atoms with Gasteiger partial charge in [0.25, 0.3) is 0 Å². The molecule has 1 aliphatic rings. The number of hydrogen-bond acceptors (Lipinski definition) is 1. The molecule has 0 N–H and O–H groups in total. The Morgan fingerprint density at radius 2 is 1.93 bits per heavy atom. The van der Waals surface area contributed by atoms with Crippen molar-refractivity contribution in [3.63, 3.8) is 0 Å². The Balaban J connectivity index is 2.11. The van der Waals surface area contributed by atoms with E-state index < -0.39 is 11.7 Å². The molecule has 1 saturated carbocycles. The first-order valence-electron chi connectivity index (χ1n) is 4.89. The lowest BCUT2D eigenvalue weighted by atomic mass is 9.96. The average Bonchev–Trinajstić information content (AvgIpc) is 2.11. The number of rotatable bonds is 2. The maximum atomic E-state index is 12.3. The van der Waals surface area contributed by atoms with Gasteiger partial charge in [0.15, 0.2) is 0 Å². The highest BCUT2D eigenvalue weighted by Gasteiger charge is 2.31. The van der Waals surface area contributed by atoms with E-state index in [-0.39, 0.29) is 6.10 Å².